The van der Waals surface area contributed by atoms with Crippen LogP contribution in [0.15, 0.2) is 18.2 Å². The van der Waals surface area contributed by atoms with Crippen molar-refractivity contribution in [2.75, 3.05) is 0 Å². The molecule has 1 N–H and O–H groups in total. The van der Waals surface area contributed by atoms with Crippen molar-refractivity contribution in [2.45, 2.75) is 64.3 Å². The first-order chi connectivity index (χ1) is 11.5. The molecular formula is C19H24N2O3. The molecule has 24 heavy (non-hydrogen) atoms. The van der Waals surface area contributed by atoms with Gasteiger partial charge in [0, 0.05) is 17.9 Å². The fourth-order valence-electron chi connectivity index (χ4n) is 3.66. The van der Waals surface area contributed by atoms with E-state index in [4.69, 9.17) is 4.98 Å². The van der Waals surface area contributed by atoms with Gasteiger partial charge in [-0.3, -0.25) is 4.79 Å². The van der Waals surface area contributed by atoms with Gasteiger partial charge in [0.1, 0.15) is 11.9 Å². The number of aliphatic carboxylic acids is 1. The van der Waals surface area contributed by atoms with Crippen LogP contribution in [-0.2, 0) is 4.79 Å². The quantitative estimate of drug-likeness (QED) is 0.830. The number of carbonyl (C=O) groups is 2. The van der Waals surface area contributed by atoms with Crippen LogP contribution < -0.4 is 0 Å². The highest BCUT2D eigenvalue weighted by Gasteiger charge is 2.27. The van der Waals surface area contributed by atoms with E-state index in [1.54, 1.807) is 19.1 Å². The molecule has 0 bridgehead atoms. The molecule has 5 nitrogen and oxygen atoms in total. The minimum atomic E-state index is -0.861. The molecule has 0 aliphatic heterocycles. The molecule has 1 aliphatic carbocycles. The topological polar surface area (TPSA) is 72.2 Å². The van der Waals surface area contributed by atoms with Crippen LogP contribution in [0, 0.1) is 0 Å². The lowest BCUT2D eigenvalue weighted by Gasteiger charge is -2.23. The Morgan fingerprint density at radius 1 is 1.29 bits per heavy atom. The fraction of sp³-hybridized carbons (Fsp3) is 0.526. The van der Waals surface area contributed by atoms with Crippen LogP contribution in [0.3, 0.4) is 0 Å². The predicted molar refractivity (Wildman–Crippen MR) is 92.5 cm³/mol. The second kappa shape index (κ2) is 6.75. The highest BCUT2D eigenvalue weighted by atomic mass is 16.4. The van der Waals surface area contributed by atoms with E-state index in [0.29, 0.717) is 17.9 Å². The number of hydrogen-bond acceptors (Lipinski definition) is 3. The van der Waals surface area contributed by atoms with Gasteiger partial charge < -0.3 is 9.67 Å². The number of rotatable bonds is 5. The Morgan fingerprint density at radius 3 is 2.62 bits per heavy atom. The lowest BCUT2D eigenvalue weighted by Crippen LogP contribution is -2.20. The number of ketones is 1. The molecule has 0 amide bonds. The number of aromatic nitrogens is 2. The Balaban J connectivity index is 2.14. The van der Waals surface area contributed by atoms with Crippen molar-refractivity contribution < 1.29 is 14.7 Å². The van der Waals surface area contributed by atoms with Gasteiger partial charge in [0.25, 0.3) is 0 Å². The molecule has 0 radical (unpaired) electrons. The summed E-state index contributed by atoms with van der Waals surface area (Å²) in [5.74, 6) is 0.385. The second-order valence-electron chi connectivity index (χ2n) is 6.67. The maximum atomic E-state index is 12.0. The number of carbonyl (C=O) groups excluding carboxylic acids is 1. The smallest absolute Gasteiger partial charge is 0.326 e. The summed E-state index contributed by atoms with van der Waals surface area (Å²) in [6.07, 6.45) is 6.12. The minimum Gasteiger partial charge on any atom is -0.480 e. The average molecular weight is 328 g/mol. The minimum absolute atomic E-state index is 0.0805. The summed E-state index contributed by atoms with van der Waals surface area (Å²) in [6.45, 7) is 3.53. The van der Waals surface area contributed by atoms with Crippen molar-refractivity contribution in [2.24, 2.45) is 0 Å². The Bertz CT molecular complexity index is 772. The summed E-state index contributed by atoms with van der Waals surface area (Å²) in [4.78, 5) is 28.3. The molecule has 1 unspecified atom stereocenters. The van der Waals surface area contributed by atoms with Crippen molar-refractivity contribution in [1.82, 2.24) is 9.55 Å². The Morgan fingerprint density at radius 2 is 2.00 bits per heavy atom. The lowest BCUT2D eigenvalue weighted by atomic mass is 9.88. The van der Waals surface area contributed by atoms with Gasteiger partial charge in [0.05, 0.1) is 11.0 Å². The van der Waals surface area contributed by atoms with Gasteiger partial charge in [-0.1, -0.05) is 26.2 Å². The van der Waals surface area contributed by atoms with Crippen LogP contribution in [-0.4, -0.2) is 26.4 Å². The summed E-state index contributed by atoms with van der Waals surface area (Å²) in [5, 5.41) is 9.51. The molecule has 128 valence electrons. The third kappa shape index (κ3) is 2.95. The number of carboxylic acids is 1. The zero-order chi connectivity index (χ0) is 17.3. The van der Waals surface area contributed by atoms with E-state index in [-0.39, 0.29) is 5.78 Å². The molecule has 1 saturated carbocycles. The Kier molecular flexibility index (Phi) is 4.69. The summed E-state index contributed by atoms with van der Waals surface area (Å²) in [7, 11) is 0. The largest absolute Gasteiger partial charge is 0.480 e. The van der Waals surface area contributed by atoms with Crippen LogP contribution in [0.1, 0.15) is 80.5 Å². The standard InChI is InChI=1S/C19H24N2O3/c1-3-17(22)14-9-10-16-15(11-14)20-18(13-7-5-4-6-8-13)21(16)12(2)19(23)24/h9-13H,3-8H2,1-2H3,(H,23,24). The molecule has 5 heteroatoms. The number of benzene rings is 1. The van der Waals surface area contributed by atoms with Gasteiger partial charge in [-0.05, 0) is 38.0 Å². The van der Waals surface area contributed by atoms with E-state index in [1.807, 2.05) is 17.6 Å². The molecular weight excluding hydrogens is 304 g/mol. The van der Waals surface area contributed by atoms with Gasteiger partial charge >= 0.3 is 5.97 Å². The van der Waals surface area contributed by atoms with Crippen LogP contribution >= 0.6 is 0 Å². The molecule has 3 rings (SSSR count). The number of nitrogens with zero attached hydrogens (tertiary/aromatic N) is 2. The molecule has 0 saturated heterocycles. The van der Waals surface area contributed by atoms with Crippen LogP contribution in [0.4, 0.5) is 0 Å². The van der Waals surface area contributed by atoms with E-state index >= 15 is 0 Å². The number of fused-ring (bicyclic) bond motifs is 1. The first kappa shape index (κ1) is 16.7. The molecule has 1 fully saturated rings. The van der Waals surface area contributed by atoms with Gasteiger partial charge in [-0.15, -0.1) is 0 Å². The molecule has 1 aromatic heterocycles. The Hall–Kier alpha value is -2.17. The van der Waals surface area contributed by atoms with Crippen LogP contribution in [0.2, 0.25) is 0 Å². The highest BCUT2D eigenvalue weighted by molar-refractivity contribution is 5.99. The summed E-state index contributed by atoms with van der Waals surface area (Å²) in [6, 6.07) is 4.76. The van der Waals surface area contributed by atoms with Crippen LogP contribution in [0.25, 0.3) is 11.0 Å². The van der Waals surface area contributed by atoms with E-state index in [2.05, 4.69) is 0 Å². The van der Waals surface area contributed by atoms with Crippen molar-refractivity contribution >= 4 is 22.8 Å². The van der Waals surface area contributed by atoms with Gasteiger partial charge in [-0.2, -0.15) is 0 Å². The third-order valence-corrected chi connectivity index (χ3v) is 5.07. The van der Waals surface area contributed by atoms with Crippen molar-refractivity contribution in [3.8, 4) is 0 Å². The SMILES string of the molecule is CCC(=O)c1ccc2c(c1)nc(C1CCCCC1)n2C(C)C(=O)O. The average Bonchev–Trinajstić information content (AvgIpc) is 2.99. The zero-order valence-corrected chi connectivity index (χ0v) is 14.3. The molecule has 0 spiro atoms. The summed E-state index contributed by atoms with van der Waals surface area (Å²) in [5.41, 5.74) is 2.17. The molecule has 1 heterocycles. The fourth-order valence-corrected chi connectivity index (χ4v) is 3.66. The van der Waals surface area contributed by atoms with E-state index in [1.165, 1.54) is 6.42 Å². The Labute approximate surface area is 141 Å². The van der Waals surface area contributed by atoms with E-state index in [0.717, 1.165) is 42.5 Å². The van der Waals surface area contributed by atoms with Gasteiger partial charge in [0.2, 0.25) is 0 Å². The summed E-state index contributed by atoms with van der Waals surface area (Å²) < 4.78 is 1.86. The first-order valence-electron chi connectivity index (χ1n) is 8.80. The number of carboxylic acid groups (broad SMARTS) is 1. The second-order valence-corrected chi connectivity index (χ2v) is 6.67. The number of Topliss-reactive ketones (excluding diaryl/α,β-unsaturated/α-hetero) is 1. The molecule has 1 aromatic carbocycles. The van der Waals surface area contributed by atoms with Crippen molar-refractivity contribution in [3.63, 3.8) is 0 Å². The summed E-state index contributed by atoms with van der Waals surface area (Å²) >= 11 is 0. The van der Waals surface area contributed by atoms with Crippen LogP contribution in [0.5, 0.6) is 0 Å². The van der Waals surface area contributed by atoms with Crippen molar-refractivity contribution in [1.29, 1.82) is 0 Å². The van der Waals surface area contributed by atoms with E-state index < -0.39 is 12.0 Å². The molecule has 1 aliphatic rings. The van der Waals surface area contributed by atoms with Gasteiger partial charge in [0.15, 0.2) is 5.78 Å². The third-order valence-electron chi connectivity index (χ3n) is 5.07. The molecule has 2 aromatic rings. The normalized spacial score (nSPS) is 17.1. The number of imidazole rings is 1. The first-order valence-corrected chi connectivity index (χ1v) is 8.80. The zero-order valence-electron chi connectivity index (χ0n) is 14.3. The van der Waals surface area contributed by atoms with Crippen molar-refractivity contribution in [3.05, 3.63) is 29.6 Å². The molecule has 1 atom stereocenters. The highest BCUT2D eigenvalue weighted by Crippen LogP contribution is 2.35. The van der Waals surface area contributed by atoms with E-state index in [9.17, 15) is 14.7 Å². The predicted octanol–water partition coefficient (Wildman–Crippen LogP) is 4.32. The van der Waals surface area contributed by atoms with Gasteiger partial charge in [-0.25, -0.2) is 9.78 Å². The maximum Gasteiger partial charge on any atom is 0.326 e. The number of hydrogen-bond donors (Lipinski definition) is 1. The lowest BCUT2D eigenvalue weighted by molar-refractivity contribution is -0.140. The maximum absolute atomic E-state index is 12.0. The monoisotopic (exact) mass is 328 g/mol.